The maximum absolute atomic E-state index is 12.2. The van der Waals surface area contributed by atoms with E-state index in [2.05, 4.69) is 0 Å². The van der Waals surface area contributed by atoms with E-state index in [4.69, 9.17) is 10.4 Å². The fraction of sp³-hybridized carbons (Fsp3) is 0.800. The molecule has 1 saturated heterocycles. The zero-order chi connectivity index (χ0) is 13.9. The van der Waals surface area contributed by atoms with Gasteiger partial charge >= 0.3 is 5.97 Å². The molecule has 0 bridgehead atoms. The Labute approximate surface area is 107 Å². The fourth-order valence-electron chi connectivity index (χ4n) is 1.96. The van der Waals surface area contributed by atoms with Gasteiger partial charge in [0, 0.05) is 20.1 Å². The molecule has 0 amide bonds. The van der Waals surface area contributed by atoms with Crippen molar-refractivity contribution in [3.63, 3.8) is 0 Å². The summed E-state index contributed by atoms with van der Waals surface area (Å²) in [7, 11) is -2.44. The van der Waals surface area contributed by atoms with Crippen LogP contribution in [0.3, 0.4) is 0 Å². The Balaban J connectivity index is 2.86. The van der Waals surface area contributed by atoms with Crippen LogP contribution in [-0.4, -0.2) is 54.3 Å². The second-order valence-corrected chi connectivity index (χ2v) is 6.41. The van der Waals surface area contributed by atoms with Crippen molar-refractivity contribution in [2.45, 2.75) is 25.8 Å². The van der Waals surface area contributed by atoms with E-state index in [-0.39, 0.29) is 13.1 Å². The molecule has 102 valence electrons. The van der Waals surface area contributed by atoms with Gasteiger partial charge in [-0.05, 0) is 19.8 Å². The summed E-state index contributed by atoms with van der Waals surface area (Å²) in [6, 6.07) is 0.961. The smallest absolute Gasteiger partial charge is 0.322 e. The van der Waals surface area contributed by atoms with Crippen molar-refractivity contribution in [2.24, 2.45) is 5.92 Å². The summed E-state index contributed by atoms with van der Waals surface area (Å²) < 4.78 is 26.4. The summed E-state index contributed by atoms with van der Waals surface area (Å²) in [6.07, 6.45) is 0.869. The number of hydrogen-bond acceptors (Lipinski definition) is 4. The number of nitriles is 1. The molecular weight excluding hydrogens is 258 g/mol. The van der Waals surface area contributed by atoms with Crippen molar-refractivity contribution in [3.05, 3.63) is 0 Å². The first-order valence-corrected chi connectivity index (χ1v) is 7.06. The Morgan fingerprint density at radius 1 is 1.67 bits per heavy atom. The van der Waals surface area contributed by atoms with Crippen LogP contribution in [0, 0.1) is 17.2 Å². The van der Waals surface area contributed by atoms with E-state index in [1.807, 2.05) is 6.07 Å². The van der Waals surface area contributed by atoms with Gasteiger partial charge in [0.15, 0.2) is 0 Å². The first-order chi connectivity index (χ1) is 8.30. The zero-order valence-electron chi connectivity index (χ0n) is 10.4. The van der Waals surface area contributed by atoms with E-state index in [9.17, 15) is 13.2 Å². The number of nitrogens with zero attached hydrogens (tertiary/aromatic N) is 3. The van der Waals surface area contributed by atoms with E-state index >= 15 is 0 Å². The highest BCUT2D eigenvalue weighted by atomic mass is 32.2. The van der Waals surface area contributed by atoms with Gasteiger partial charge in [-0.25, -0.2) is 0 Å². The van der Waals surface area contributed by atoms with Crippen LogP contribution in [0.2, 0.25) is 0 Å². The molecule has 2 atom stereocenters. The lowest BCUT2D eigenvalue weighted by atomic mass is 10.2. The van der Waals surface area contributed by atoms with Crippen LogP contribution in [0.4, 0.5) is 0 Å². The third-order valence-electron chi connectivity index (χ3n) is 2.93. The van der Waals surface area contributed by atoms with E-state index in [1.54, 1.807) is 6.92 Å². The number of carboxylic acids is 1. The number of rotatable bonds is 5. The van der Waals surface area contributed by atoms with Gasteiger partial charge in [0.25, 0.3) is 10.2 Å². The van der Waals surface area contributed by atoms with Crippen LogP contribution in [-0.2, 0) is 15.0 Å². The van der Waals surface area contributed by atoms with Crippen molar-refractivity contribution in [1.29, 1.82) is 5.26 Å². The molecule has 0 aromatic carbocycles. The van der Waals surface area contributed by atoms with E-state index in [0.29, 0.717) is 12.8 Å². The quantitative estimate of drug-likeness (QED) is 0.753. The van der Waals surface area contributed by atoms with E-state index in [0.717, 1.165) is 8.61 Å². The molecule has 1 rings (SSSR count). The monoisotopic (exact) mass is 275 g/mol. The minimum Gasteiger partial charge on any atom is -0.480 e. The van der Waals surface area contributed by atoms with Gasteiger partial charge in [-0.1, -0.05) is 0 Å². The van der Waals surface area contributed by atoms with Crippen LogP contribution < -0.4 is 0 Å². The lowest BCUT2D eigenvalue weighted by molar-refractivity contribution is -0.140. The molecule has 1 N–H and O–H groups in total. The summed E-state index contributed by atoms with van der Waals surface area (Å²) >= 11 is 0. The second-order valence-electron chi connectivity index (χ2n) is 4.43. The molecule has 1 aliphatic rings. The molecule has 0 aromatic heterocycles. The van der Waals surface area contributed by atoms with Crippen molar-refractivity contribution >= 4 is 16.2 Å². The van der Waals surface area contributed by atoms with Crippen molar-refractivity contribution < 1.29 is 18.3 Å². The topological polar surface area (TPSA) is 102 Å². The number of aliphatic carboxylic acids is 1. The van der Waals surface area contributed by atoms with Gasteiger partial charge < -0.3 is 5.11 Å². The molecule has 7 nitrogen and oxygen atoms in total. The van der Waals surface area contributed by atoms with E-state index in [1.165, 1.54) is 7.05 Å². The molecule has 0 radical (unpaired) electrons. The minimum atomic E-state index is -3.80. The van der Waals surface area contributed by atoms with E-state index < -0.39 is 28.1 Å². The SMILES string of the molecule is CC(C#N)CN(C)S(=O)(=O)N1CCCC1C(=O)O. The van der Waals surface area contributed by atoms with Crippen LogP contribution in [0.25, 0.3) is 0 Å². The zero-order valence-corrected chi connectivity index (χ0v) is 11.2. The Hall–Kier alpha value is -1.17. The molecule has 1 fully saturated rings. The molecule has 2 unspecified atom stereocenters. The highest BCUT2D eigenvalue weighted by molar-refractivity contribution is 7.86. The summed E-state index contributed by atoms with van der Waals surface area (Å²) in [5.74, 6) is -1.56. The second kappa shape index (κ2) is 5.65. The number of carbonyl (C=O) groups is 1. The van der Waals surface area contributed by atoms with Crippen LogP contribution in [0.5, 0.6) is 0 Å². The number of hydrogen-bond donors (Lipinski definition) is 1. The Kier molecular flexibility index (Phi) is 4.67. The average molecular weight is 275 g/mol. The number of carboxylic acid groups (broad SMARTS) is 1. The van der Waals surface area contributed by atoms with Crippen LogP contribution in [0.15, 0.2) is 0 Å². The third-order valence-corrected chi connectivity index (χ3v) is 4.90. The van der Waals surface area contributed by atoms with Gasteiger partial charge in [-0.3, -0.25) is 4.79 Å². The predicted octanol–water partition coefficient (Wildman–Crippen LogP) is -0.128. The molecule has 0 aliphatic carbocycles. The largest absolute Gasteiger partial charge is 0.480 e. The summed E-state index contributed by atoms with van der Waals surface area (Å²) in [5.41, 5.74) is 0. The van der Waals surface area contributed by atoms with Gasteiger partial charge in [-0.15, -0.1) is 0 Å². The molecule has 1 heterocycles. The summed E-state index contributed by atoms with van der Waals surface area (Å²) in [6.45, 7) is 1.89. The van der Waals surface area contributed by atoms with Crippen LogP contribution in [0.1, 0.15) is 19.8 Å². The minimum absolute atomic E-state index is 0.0572. The highest BCUT2D eigenvalue weighted by Gasteiger charge is 2.40. The molecule has 1 aliphatic heterocycles. The lowest BCUT2D eigenvalue weighted by Crippen LogP contribution is -2.48. The summed E-state index contributed by atoms with van der Waals surface area (Å²) in [5, 5.41) is 17.7. The normalized spacial score (nSPS) is 22.9. The molecule has 0 spiro atoms. The first-order valence-electron chi connectivity index (χ1n) is 5.66. The molecule has 0 saturated carbocycles. The highest BCUT2D eigenvalue weighted by Crippen LogP contribution is 2.23. The van der Waals surface area contributed by atoms with Gasteiger partial charge in [0.05, 0.1) is 12.0 Å². The maximum Gasteiger partial charge on any atom is 0.322 e. The Morgan fingerprint density at radius 3 is 2.78 bits per heavy atom. The molecule has 8 heteroatoms. The predicted molar refractivity (Wildman–Crippen MR) is 63.7 cm³/mol. The average Bonchev–Trinajstić information content (AvgIpc) is 2.78. The summed E-state index contributed by atoms with van der Waals surface area (Å²) in [4.78, 5) is 11.0. The standard InChI is InChI=1S/C10H17N3O4S/c1-8(6-11)7-12(2)18(16,17)13-5-3-4-9(13)10(14)15/h8-9H,3-5,7H2,1-2H3,(H,14,15). The lowest BCUT2D eigenvalue weighted by Gasteiger charge is -2.27. The molecule has 0 aromatic rings. The molecular formula is C10H17N3O4S. The third kappa shape index (κ3) is 2.98. The fourth-order valence-corrected chi connectivity index (χ4v) is 3.61. The van der Waals surface area contributed by atoms with Crippen molar-refractivity contribution in [3.8, 4) is 6.07 Å². The van der Waals surface area contributed by atoms with Crippen LogP contribution >= 0.6 is 0 Å². The Bertz CT molecular complexity index is 456. The maximum atomic E-state index is 12.2. The molecule has 18 heavy (non-hydrogen) atoms. The van der Waals surface area contributed by atoms with Gasteiger partial charge in [0.1, 0.15) is 6.04 Å². The first kappa shape index (κ1) is 14.9. The Morgan fingerprint density at radius 2 is 2.28 bits per heavy atom. The van der Waals surface area contributed by atoms with Gasteiger partial charge in [0.2, 0.25) is 0 Å². The van der Waals surface area contributed by atoms with Crippen molar-refractivity contribution in [2.75, 3.05) is 20.1 Å². The van der Waals surface area contributed by atoms with Crippen molar-refractivity contribution in [1.82, 2.24) is 8.61 Å². The van der Waals surface area contributed by atoms with Gasteiger partial charge in [-0.2, -0.15) is 22.3 Å².